The lowest BCUT2D eigenvalue weighted by Crippen LogP contribution is -2.41. The number of carbonyl (C=O) groups excluding carboxylic acids is 1. The molecule has 0 unspecified atom stereocenters. The van der Waals surface area contributed by atoms with Crippen molar-refractivity contribution in [1.82, 2.24) is 5.32 Å². The molecule has 182 valence electrons. The van der Waals surface area contributed by atoms with Crippen molar-refractivity contribution in [2.45, 2.75) is 25.7 Å². The summed E-state index contributed by atoms with van der Waals surface area (Å²) in [4.78, 5) is 14.6. The number of hydrogen-bond donors (Lipinski definition) is 1. The van der Waals surface area contributed by atoms with E-state index in [9.17, 15) is 4.79 Å². The quantitative estimate of drug-likeness (QED) is 0.199. The largest absolute Gasteiger partial charge is 0.295 e. The molecule has 0 fully saturated rings. The molecule has 2 nitrogen and oxygen atoms in total. The number of halogens is 1. The second kappa shape index (κ2) is 11.5. The lowest BCUT2D eigenvalue weighted by molar-refractivity contribution is -0.127. The van der Waals surface area contributed by atoms with Crippen LogP contribution in [0.3, 0.4) is 0 Å². The van der Waals surface area contributed by atoms with Crippen LogP contribution in [0.4, 0.5) is 0 Å². The number of benzene rings is 4. The molecule has 4 rings (SSSR count). The number of nitrogens with one attached hydrogen (secondary N) is 1. The van der Waals surface area contributed by atoms with Crippen LogP contribution in [0, 0.1) is 5.41 Å². The van der Waals surface area contributed by atoms with E-state index in [4.69, 9.17) is 11.6 Å². The van der Waals surface area contributed by atoms with E-state index < -0.39 is 12.7 Å². The molecule has 1 N–H and O–H groups in total. The van der Waals surface area contributed by atoms with Gasteiger partial charge in [-0.15, -0.1) is 0 Å². The number of carbonyl (C=O) groups is 1. The number of hydrogen-bond acceptors (Lipinski definition) is 2. The van der Waals surface area contributed by atoms with Crippen molar-refractivity contribution >= 4 is 52.4 Å². The van der Waals surface area contributed by atoms with Crippen LogP contribution >= 0.6 is 30.6 Å². The first-order valence-corrected chi connectivity index (χ1v) is 14.9. The van der Waals surface area contributed by atoms with Crippen molar-refractivity contribution in [3.8, 4) is 0 Å². The van der Waals surface area contributed by atoms with Crippen LogP contribution in [-0.4, -0.2) is 5.91 Å². The fraction of sp³-hybridized carbons (Fsp3) is 0.129. The minimum atomic E-state index is -2.45. The standard InChI is InChI=1S/C31H29ClNOPS/c1-31(2,3)30(34)33-29(23-36-28-21-19-24(32)20-22-28)35(25-13-7-4-8-14-25,26-15-9-5-10-16-26)27-17-11-6-12-18-27/h4-23H,1-3H3/p+1/b29-23+. The molecule has 0 saturated carbocycles. The zero-order valence-corrected chi connectivity index (χ0v) is 23.2. The Labute approximate surface area is 224 Å². The van der Waals surface area contributed by atoms with E-state index in [1.807, 2.05) is 63.2 Å². The third-order valence-electron chi connectivity index (χ3n) is 5.83. The molecule has 0 heterocycles. The summed E-state index contributed by atoms with van der Waals surface area (Å²) in [6, 6.07) is 39.4. The van der Waals surface area contributed by atoms with Crippen LogP contribution in [0.5, 0.6) is 0 Å². The maximum atomic E-state index is 13.5. The van der Waals surface area contributed by atoms with Crippen LogP contribution in [0.25, 0.3) is 0 Å². The molecule has 0 atom stereocenters. The SMILES string of the molecule is CC(C)(C)C(=O)N/C(=C\Sc1ccc(Cl)cc1)[P+](c1ccccc1)(c1ccccc1)c1ccccc1. The highest BCUT2D eigenvalue weighted by Crippen LogP contribution is 2.62. The first-order valence-electron chi connectivity index (χ1n) is 11.8. The Morgan fingerprint density at radius 1 is 0.722 bits per heavy atom. The van der Waals surface area contributed by atoms with Gasteiger partial charge in [-0.05, 0) is 60.7 Å². The van der Waals surface area contributed by atoms with Gasteiger partial charge in [-0.1, -0.05) is 98.7 Å². The maximum absolute atomic E-state index is 13.5. The van der Waals surface area contributed by atoms with Gasteiger partial charge in [0.2, 0.25) is 5.91 Å². The normalized spacial score (nSPS) is 12.3. The molecule has 0 aromatic heterocycles. The topological polar surface area (TPSA) is 29.1 Å². The molecule has 0 aliphatic rings. The minimum Gasteiger partial charge on any atom is -0.295 e. The van der Waals surface area contributed by atoms with Crippen LogP contribution < -0.4 is 21.2 Å². The fourth-order valence-electron chi connectivity index (χ4n) is 3.95. The average Bonchev–Trinajstić information content (AvgIpc) is 2.90. The molecule has 4 aromatic carbocycles. The zero-order valence-electron chi connectivity index (χ0n) is 20.7. The van der Waals surface area contributed by atoms with E-state index in [1.165, 1.54) is 15.9 Å². The van der Waals surface area contributed by atoms with Gasteiger partial charge in [0, 0.05) is 20.7 Å². The molecule has 1 amide bonds. The lowest BCUT2D eigenvalue weighted by Gasteiger charge is -2.31. The van der Waals surface area contributed by atoms with Crippen molar-refractivity contribution in [3.63, 3.8) is 0 Å². The molecule has 36 heavy (non-hydrogen) atoms. The van der Waals surface area contributed by atoms with E-state index in [0.717, 1.165) is 10.3 Å². The summed E-state index contributed by atoms with van der Waals surface area (Å²) in [7, 11) is -2.45. The Morgan fingerprint density at radius 2 is 1.14 bits per heavy atom. The fourth-order valence-corrected chi connectivity index (χ4v) is 9.33. The lowest BCUT2D eigenvalue weighted by atomic mass is 9.96. The average molecular weight is 531 g/mol. The highest BCUT2D eigenvalue weighted by molar-refractivity contribution is 8.04. The Hall–Kier alpha value is -2.84. The predicted molar refractivity (Wildman–Crippen MR) is 158 cm³/mol. The summed E-state index contributed by atoms with van der Waals surface area (Å²) in [6.45, 7) is 5.83. The second-order valence-corrected chi connectivity index (χ2v) is 14.2. The van der Waals surface area contributed by atoms with Gasteiger partial charge in [-0.2, -0.15) is 0 Å². The summed E-state index contributed by atoms with van der Waals surface area (Å²) in [6.07, 6.45) is 0. The molecule has 0 aliphatic heterocycles. The Morgan fingerprint density at radius 3 is 1.53 bits per heavy atom. The van der Waals surface area contributed by atoms with E-state index in [0.29, 0.717) is 5.02 Å². The van der Waals surface area contributed by atoms with Crippen molar-refractivity contribution in [3.05, 3.63) is 131 Å². The van der Waals surface area contributed by atoms with Crippen LogP contribution in [0.2, 0.25) is 5.02 Å². The first kappa shape index (κ1) is 26.2. The molecule has 4 aromatic rings. The van der Waals surface area contributed by atoms with E-state index in [2.05, 4.69) is 83.5 Å². The Balaban J connectivity index is 2.02. The highest BCUT2D eigenvalue weighted by Gasteiger charge is 2.51. The molecular formula is C31H30ClNOPS+. The Bertz CT molecular complexity index is 1220. The summed E-state index contributed by atoms with van der Waals surface area (Å²) < 4.78 is 0. The van der Waals surface area contributed by atoms with Crippen molar-refractivity contribution < 1.29 is 4.79 Å². The summed E-state index contributed by atoms with van der Waals surface area (Å²) in [5, 5.41) is 9.76. The third kappa shape index (κ3) is 5.76. The van der Waals surface area contributed by atoms with Gasteiger partial charge in [0.1, 0.15) is 15.9 Å². The van der Waals surface area contributed by atoms with Gasteiger partial charge in [0.25, 0.3) is 0 Å². The van der Waals surface area contributed by atoms with Crippen molar-refractivity contribution in [1.29, 1.82) is 0 Å². The van der Waals surface area contributed by atoms with Crippen LogP contribution in [0.1, 0.15) is 20.8 Å². The Kier molecular flexibility index (Phi) is 8.36. The monoisotopic (exact) mass is 530 g/mol. The first-order chi connectivity index (χ1) is 17.3. The molecule has 5 heteroatoms. The molecule has 0 aliphatic carbocycles. The van der Waals surface area contributed by atoms with Gasteiger partial charge < -0.3 is 0 Å². The summed E-state index contributed by atoms with van der Waals surface area (Å²) in [5.74, 6) is -0.0161. The van der Waals surface area contributed by atoms with Crippen molar-refractivity contribution in [2.24, 2.45) is 5.41 Å². The third-order valence-corrected chi connectivity index (χ3v) is 11.3. The van der Waals surface area contributed by atoms with Gasteiger partial charge in [0.05, 0.1) is 0 Å². The minimum absolute atomic E-state index is 0.0161. The molecular weight excluding hydrogens is 501 g/mol. The number of amides is 1. The van der Waals surface area contributed by atoms with Gasteiger partial charge in [0.15, 0.2) is 12.7 Å². The van der Waals surface area contributed by atoms with Gasteiger partial charge >= 0.3 is 0 Å². The predicted octanol–water partition coefficient (Wildman–Crippen LogP) is 7.39. The van der Waals surface area contributed by atoms with E-state index in [-0.39, 0.29) is 5.91 Å². The van der Waals surface area contributed by atoms with Crippen LogP contribution in [-0.2, 0) is 4.79 Å². The number of thioether (sulfide) groups is 1. The summed E-state index contributed by atoms with van der Waals surface area (Å²) in [5.41, 5.74) is 0.356. The number of rotatable bonds is 7. The molecule has 0 bridgehead atoms. The van der Waals surface area contributed by atoms with Crippen LogP contribution in [0.15, 0.2) is 131 Å². The second-order valence-electron chi connectivity index (χ2n) is 9.46. The highest BCUT2D eigenvalue weighted by atomic mass is 35.5. The molecule has 0 spiro atoms. The van der Waals surface area contributed by atoms with E-state index >= 15 is 0 Å². The smallest absolute Gasteiger partial charge is 0.232 e. The van der Waals surface area contributed by atoms with Crippen molar-refractivity contribution in [2.75, 3.05) is 0 Å². The van der Waals surface area contributed by atoms with Gasteiger partial charge in [-0.25, -0.2) is 0 Å². The summed E-state index contributed by atoms with van der Waals surface area (Å²) >= 11 is 7.72. The molecule has 0 saturated heterocycles. The molecule has 0 radical (unpaired) electrons. The zero-order chi connectivity index (χ0) is 25.6. The maximum Gasteiger partial charge on any atom is 0.232 e. The van der Waals surface area contributed by atoms with E-state index in [1.54, 1.807) is 11.8 Å². The van der Waals surface area contributed by atoms with Gasteiger partial charge in [-0.3, -0.25) is 10.1 Å².